The fraction of sp³-hybridized carbons (Fsp3) is 1.00. The molecule has 1 atom stereocenters. The quantitative estimate of drug-likeness (QED) is 0.736. The van der Waals surface area contributed by atoms with Gasteiger partial charge >= 0.3 is 0 Å². The first-order valence-electron chi connectivity index (χ1n) is 5.52. The van der Waals surface area contributed by atoms with Gasteiger partial charge < -0.3 is 10.8 Å². The molecule has 86 valence electrons. The zero-order valence-corrected chi connectivity index (χ0v) is 10.8. The lowest BCUT2D eigenvalue weighted by Gasteiger charge is -2.46. The third-order valence-electron chi connectivity index (χ3n) is 3.28. The molecule has 0 aromatic heterocycles. The molecule has 0 aliphatic heterocycles. The van der Waals surface area contributed by atoms with Crippen molar-refractivity contribution in [1.82, 2.24) is 0 Å². The molecule has 0 saturated carbocycles. The van der Waals surface area contributed by atoms with E-state index >= 15 is 0 Å². The number of rotatable bonds is 3. The molecule has 0 rings (SSSR count). The third-order valence-corrected chi connectivity index (χ3v) is 3.28. The van der Waals surface area contributed by atoms with Crippen molar-refractivity contribution in [3.05, 3.63) is 0 Å². The maximum absolute atomic E-state index is 10.6. The van der Waals surface area contributed by atoms with Crippen molar-refractivity contribution in [2.45, 2.75) is 60.1 Å². The molecule has 0 saturated heterocycles. The van der Waals surface area contributed by atoms with E-state index in [1.54, 1.807) is 0 Å². The number of hydrogen-bond acceptors (Lipinski definition) is 2. The molecule has 2 heteroatoms. The summed E-state index contributed by atoms with van der Waals surface area (Å²) in [6.45, 7) is 14.4. The minimum atomic E-state index is -0.780. The van der Waals surface area contributed by atoms with E-state index in [2.05, 4.69) is 20.8 Å². The highest BCUT2D eigenvalue weighted by atomic mass is 16.3. The normalized spacial score (nSPS) is 16.5. The SMILES string of the molecule is CC(C)C(O)(C(C)C)[C@H](N)C(C)(C)C. The Morgan fingerprint density at radius 1 is 0.929 bits per heavy atom. The van der Waals surface area contributed by atoms with Crippen LogP contribution >= 0.6 is 0 Å². The molecule has 0 bridgehead atoms. The molecule has 0 aliphatic rings. The van der Waals surface area contributed by atoms with E-state index < -0.39 is 5.60 Å². The molecule has 0 unspecified atom stereocenters. The monoisotopic (exact) mass is 201 g/mol. The van der Waals surface area contributed by atoms with Gasteiger partial charge in [-0.3, -0.25) is 0 Å². The van der Waals surface area contributed by atoms with Gasteiger partial charge in [0.2, 0.25) is 0 Å². The summed E-state index contributed by atoms with van der Waals surface area (Å²) in [5.41, 5.74) is 5.34. The molecule has 0 amide bonds. The van der Waals surface area contributed by atoms with Gasteiger partial charge in [-0.25, -0.2) is 0 Å². The molecule has 0 spiro atoms. The number of nitrogens with two attached hydrogens (primary N) is 1. The first kappa shape index (κ1) is 13.9. The highest BCUT2D eigenvalue weighted by molar-refractivity contribution is 4.99. The van der Waals surface area contributed by atoms with Crippen LogP contribution in [0.15, 0.2) is 0 Å². The Bertz CT molecular complexity index is 171. The van der Waals surface area contributed by atoms with Crippen LogP contribution in [0.25, 0.3) is 0 Å². The van der Waals surface area contributed by atoms with E-state index in [0.29, 0.717) is 0 Å². The second-order valence-electron chi connectivity index (χ2n) is 6.04. The van der Waals surface area contributed by atoms with Gasteiger partial charge in [-0.05, 0) is 17.3 Å². The molecule has 0 fully saturated rings. The molecular weight excluding hydrogens is 174 g/mol. The second-order valence-corrected chi connectivity index (χ2v) is 6.04. The molecule has 3 N–H and O–H groups in total. The fourth-order valence-electron chi connectivity index (χ4n) is 2.08. The van der Waals surface area contributed by atoms with Crippen LogP contribution in [0.4, 0.5) is 0 Å². The second kappa shape index (κ2) is 4.19. The predicted octanol–water partition coefficient (Wildman–Crippen LogP) is 2.40. The molecule has 0 aliphatic carbocycles. The van der Waals surface area contributed by atoms with Gasteiger partial charge in [-0.2, -0.15) is 0 Å². The van der Waals surface area contributed by atoms with Crippen LogP contribution in [0.1, 0.15) is 48.5 Å². The van der Waals surface area contributed by atoms with E-state index in [0.717, 1.165) is 0 Å². The van der Waals surface area contributed by atoms with Crippen molar-refractivity contribution >= 4 is 0 Å². The van der Waals surface area contributed by atoms with E-state index in [-0.39, 0.29) is 23.3 Å². The Hall–Kier alpha value is -0.0800. The van der Waals surface area contributed by atoms with Crippen LogP contribution in [0.3, 0.4) is 0 Å². The van der Waals surface area contributed by atoms with Crippen molar-refractivity contribution < 1.29 is 5.11 Å². The molecule has 0 heterocycles. The highest BCUT2D eigenvalue weighted by Crippen LogP contribution is 2.36. The smallest absolute Gasteiger partial charge is 0.0848 e. The predicted molar refractivity (Wildman–Crippen MR) is 62.1 cm³/mol. The fourth-order valence-corrected chi connectivity index (χ4v) is 2.08. The third kappa shape index (κ3) is 2.48. The minimum Gasteiger partial charge on any atom is -0.388 e. The van der Waals surface area contributed by atoms with Crippen LogP contribution in [0, 0.1) is 17.3 Å². The lowest BCUT2D eigenvalue weighted by atomic mass is 9.67. The van der Waals surface area contributed by atoms with E-state index in [1.807, 2.05) is 27.7 Å². The minimum absolute atomic E-state index is 0.0662. The molecular formula is C12H27NO. The summed E-state index contributed by atoms with van der Waals surface area (Å²) in [6, 6.07) is -0.199. The summed E-state index contributed by atoms with van der Waals surface area (Å²) >= 11 is 0. The lowest BCUT2D eigenvalue weighted by Crippen LogP contribution is -2.60. The van der Waals surface area contributed by atoms with Gasteiger partial charge in [0, 0.05) is 6.04 Å². The van der Waals surface area contributed by atoms with Crippen LogP contribution in [-0.4, -0.2) is 16.7 Å². The Kier molecular flexibility index (Phi) is 4.17. The number of aliphatic hydroxyl groups is 1. The van der Waals surface area contributed by atoms with Crippen molar-refractivity contribution in [3.8, 4) is 0 Å². The Balaban J connectivity index is 5.03. The van der Waals surface area contributed by atoms with E-state index in [4.69, 9.17) is 5.73 Å². The van der Waals surface area contributed by atoms with Gasteiger partial charge in [-0.15, -0.1) is 0 Å². The van der Waals surface area contributed by atoms with Crippen LogP contribution in [-0.2, 0) is 0 Å². The van der Waals surface area contributed by atoms with Gasteiger partial charge in [-0.1, -0.05) is 48.5 Å². The van der Waals surface area contributed by atoms with Gasteiger partial charge in [0.25, 0.3) is 0 Å². The summed E-state index contributed by atoms with van der Waals surface area (Å²) in [4.78, 5) is 0. The molecule has 14 heavy (non-hydrogen) atoms. The topological polar surface area (TPSA) is 46.2 Å². The largest absolute Gasteiger partial charge is 0.388 e. The Labute approximate surface area is 88.9 Å². The zero-order chi connectivity index (χ0) is 11.7. The van der Waals surface area contributed by atoms with E-state index in [9.17, 15) is 5.11 Å². The summed E-state index contributed by atoms with van der Waals surface area (Å²) < 4.78 is 0. The molecule has 0 aromatic carbocycles. The first-order chi connectivity index (χ1) is 6.04. The first-order valence-corrected chi connectivity index (χ1v) is 5.52. The van der Waals surface area contributed by atoms with Crippen molar-refractivity contribution in [2.24, 2.45) is 23.0 Å². The van der Waals surface area contributed by atoms with E-state index in [1.165, 1.54) is 0 Å². The van der Waals surface area contributed by atoms with Gasteiger partial charge in [0.1, 0.15) is 0 Å². The standard InChI is InChI=1S/C12H27NO/c1-8(2)12(14,9(3)4)10(13)11(5,6)7/h8-10,14H,13H2,1-7H3/t10-/m1/s1. The molecule has 0 aromatic rings. The van der Waals surface area contributed by atoms with Crippen LogP contribution < -0.4 is 5.73 Å². The summed E-state index contributed by atoms with van der Waals surface area (Å²) in [6.07, 6.45) is 0. The summed E-state index contributed by atoms with van der Waals surface area (Å²) in [5, 5.41) is 10.6. The maximum atomic E-state index is 10.6. The Morgan fingerprint density at radius 2 is 1.21 bits per heavy atom. The van der Waals surface area contributed by atoms with Crippen molar-refractivity contribution in [1.29, 1.82) is 0 Å². The summed E-state index contributed by atoms with van der Waals surface area (Å²) in [7, 11) is 0. The average Bonchev–Trinajstić information content (AvgIpc) is 1.99. The van der Waals surface area contributed by atoms with Gasteiger partial charge in [0.15, 0.2) is 0 Å². The number of hydrogen-bond donors (Lipinski definition) is 2. The Morgan fingerprint density at radius 3 is 1.29 bits per heavy atom. The average molecular weight is 201 g/mol. The zero-order valence-electron chi connectivity index (χ0n) is 10.8. The maximum Gasteiger partial charge on any atom is 0.0848 e. The van der Waals surface area contributed by atoms with Gasteiger partial charge in [0.05, 0.1) is 5.60 Å². The van der Waals surface area contributed by atoms with Crippen molar-refractivity contribution in [2.75, 3.05) is 0 Å². The highest BCUT2D eigenvalue weighted by Gasteiger charge is 2.45. The lowest BCUT2D eigenvalue weighted by molar-refractivity contribution is -0.0930. The molecule has 2 nitrogen and oxygen atoms in total. The van der Waals surface area contributed by atoms with Crippen LogP contribution in [0.5, 0.6) is 0 Å². The summed E-state index contributed by atoms with van der Waals surface area (Å²) in [5.74, 6) is 0.355. The van der Waals surface area contributed by atoms with Crippen LogP contribution in [0.2, 0.25) is 0 Å². The van der Waals surface area contributed by atoms with Crippen molar-refractivity contribution in [3.63, 3.8) is 0 Å². The molecule has 0 radical (unpaired) electrons.